The molecular weight excluding hydrogens is 865 g/mol. The van der Waals surface area contributed by atoms with Gasteiger partial charge in [-0.05, 0) is 165 Å². The van der Waals surface area contributed by atoms with Crippen molar-refractivity contribution in [3.05, 3.63) is 70.8 Å². The highest BCUT2D eigenvalue weighted by molar-refractivity contribution is 6.38. The lowest BCUT2D eigenvalue weighted by atomic mass is 9.84. The van der Waals surface area contributed by atoms with Gasteiger partial charge in [-0.25, -0.2) is 19.2 Å². The first-order valence-electron chi connectivity index (χ1n) is 24.4. The smallest absolute Gasteiger partial charge is 0.339 e. The Morgan fingerprint density at radius 2 is 0.794 bits per heavy atom. The average molecular weight is 941 g/mol. The molecule has 0 spiro atoms. The fraction of sp³-hybridized carbons (Fsp3) is 0.571. The molecule has 0 aromatic heterocycles. The lowest BCUT2D eigenvalue weighted by Gasteiger charge is -2.32. The zero-order valence-corrected chi connectivity index (χ0v) is 43.5. The van der Waals surface area contributed by atoms with Crippen LogP contribution in [0.4, 0.5) is 0 Å². The summed E-state index contributed by atoms with van der Waals surface area (Å²) in [6.07, 6.45) is 0.676. The number of benzene rings is 5. The van der Waals surface area contributed by atoms with E-state index in [-0.39, 0.29) is 60.9 Å². The van der Waals surface area contributed by atoms with Crippen molar-refractivity contribution >= 4 is 67.0 Å². The minimum absolute atomic E-state index is 0.0704. The molecule has 0 aliphatic heterocycles. The highest BCUT2D eigenvalue weighted by Crippen LogP contribution is 2.45. The molecule has 12 nitrogen and oxygen atoms in total. The Kier molecular flexibility index (Phi) is 17.4. The van der Waals surface area contributed by atoms with Gasteiger partial charge in [0.15, 0.2) is 0 Å². The standard InChI is InChI=1S/C56H76O12/c1-17-35(29-61-33(5)6)65-49(57)41-25-21-37-38-22-26-42(50(58)66-36(18-2)30-63-53(9,10)11)48-44(52(60)68-56(16,20-4)32-64-54(12,13)14)28-24-40(46(38)48)39-23-27-43(47(41)45(37)39)51(59)67-55(15,19-3)31-62-34(7)8/h21-28,33-36H,17-20,29-32H2,1-16H3. The summed E-state index contributed by atoms with van der Waals surface area (Å²) in [7, 11) is 0. The van der Waals surface area contributed by atoms with E-state index in [2.05, 4.69) is 0 Å². The van der Waals surface area contributed by atoms with Gasteiger partial charge in [-0.15, -0.1) is 0 Å². The van der Waals surface area contributed by atoms with E-state index in [1.807, 2.05) is 135 Å². The molecule has 0 saturated heterocycles. The minimum Gasteiger partial charge on any atom is -0.456 e. The number of fused-ring (bicyclic) bond motifs is 2. The van der Waals surface area contributed by atoms with Crippen LogP contribution in [0.3, 0.4) is 0 Å². The van der Waals surface area contributed by atoms with E-state index in [9.17, 15) is 19.2 Å². The number of hydrogen-bond acceptors (Lipinski definition) is 12. The first-order valence-corrected chi connectivity index (χ1v) is 24.4. The highest BCUT2D eigenvalue weighted by Gasteiger charge is 2.35. The van der Waals surface area contributed by atoms with Gasteiger partial charge in [0.1, 0.15) is 23.4 Å². The van der Waals surface area contributed by atoms with E-state index < -0.39 is 58.5 Å². The van der Waals surface area contributed by atoms with Crippen LogP contribution in [-0.4, -0.2) is 97.1 Å². The Labute approximate surface area is 403 Å². The molecule has 0 N–H and O–H groups in total. The second-order valence-corrected chi connectivity index (χ2v) is 21.0. The maximum absolute atomic E-state index is 14.7. The third kappa shape index (κ3) is 12.8. The largest absolute Gasteiger partial charge is 0.456 e. The first-order chi connectivity index (χ1) is 31.8. The summed E-state index contributed by atoms with van der Waals surface area (Å²) in [6, 6.07) is 14.0. The number of carbonyl (C=O) groups is 4. The molecule has 4 unspecified atom stereocenters. The molecule has 0 saturated carbocycles. The van der Waals surface area contributed by atoms with Crippen molar-refractivity contribution in [3.63, 3.8) is 0 Å². The fourth-order valence-corrected chi connectivity index (χ4v) is 7.79. The van der Waals surface area contributed by atoms with E-state index in [0.29, 0.717) is 68.8 Å². The summed E-state index contributed by atoms with van der Waals surface area (Å²) in [5.41, 5.74) is -2.21. The fourth-order valence-electron chi connectivity index (χ4n) is 7.79. The van der Waals surface area contributed by atoms with Crippen LogP contribution in [-0.2, 0) is 37.9 Å². The predicted molar refractivity (Wildman–Crippen MR) is 268 cm³/mol. The van der Waals surface area contributed by atoms with Gasteiger partial charge < -0.3 is 37.9 Å². The van der Waals surface area contributed by atoms with Crippen LogP contribution in [0.2, 0.25) is 0 Å². The normalized spacial score (nSPS) is 15.2. The zero-order chi connectivity index (χ0) is 50.5. The van der Waals surface area contributed by atoms with Crippen molar-refractivity contribution in [1.29, 1.82) is 0 Å². The van der Waals surface area contributed by atoms with Crippen LogP contribution in [0.5, 0.6) is 0 Å². The SMILES string of the molecule is CCC(COC(C)C)OC(=O)c1ccc2c3ccc(C(=O)OC(CC)COC(C)(C)C)c4c(C(=O)OC(C)(CC)COC(C)(C)C)ccc(c5ccc(C(=O)OC(C)(CC)COC(C)C)c1c25)c43. The summed E-state index contributed by atoms with van der Waals surface area (Å²) in [5.74, 6) is -2.50. The van der Waals surface area contributed by atoms with Crippen LogP contribution in [0.15, 0.2) is 48.5 Å². The summed E-state index contributed by atoms with van der Waals surface area (Å²) in [5, 5.41) is 4.60. The van der Waals surface area contributed by atoms with Gasteiger partial charge in [-0.2, -0.15) is 0 Å². The first kappa shape index (κ1) is 54.1. The molecule has 0 aliphatic rings. The molecular formula is C56H76O12. The summed E-state index contributed by atoms with van der Waals surface area (Å²) >= 11 is 0. The molecule has 4 atom stereocenters. The number of rotatable bonds is 22. The van der Waals surface area contributed by atoms with E-state index >= 15 is 0 Å². The molecule has 5 aromatic rings. The molecule has 0 bridgehead atoms. The third-order valence-corrected chi connectivity index (χ3v) is 12.3. The second kappa shape index (κ2) is 21.8. The van der Waals surface area contributed by atoms with Crippen molar-refractivity contribution in [1.82, 2.24) is 0 Å². The second-order valence-electron chi connectivity index (χ2n) is 21.0. The van der Waals surface area contributed by atoms with Crippen LogP contribution in [0, 0.1) is 0 Å². The van der Waals surface area contributed by atoms with Gasteiger partial charge >= 0.3 is 23.9 Å². The van der Waals surface area contributed by atoms with Gasteiger partial charge in [-0.3, -0.25) is 0 Å². The minimum atomic E-state index is -0.997. The molecule has 0 amide bonds. The zero-order valence-electron chi connectivity index (χ0n) is 43.5. The predicted octanol–water partition coefficient (Wildman–Crippen LogP) is 12.7. The van der Waals surface area contributed by atoms with Gasteiger partial charge in [0, 0.05) is 10.8 Å². The molecule has 5 aromatic carbocycles. The number of carbonyl (C=O) groups excluding carboxylic acids is 4. The molecule has 5 rings (SSSR count). The molecule has 372 valence electrons. The van der Waals surface area contributed by atoms with Crippen LogP contribution in [0.25, 0.3) is 43.1 Å². The summed E-state index contributed by atoms with van der Waals surface area (Å²) in [4.78, 5) is 58.3. The monoisotopic (exact) mass is 941 g/mol. The molecule has 0 aliphatic carbocycles. The van der Waals surface area contributed by atoms with Crippen LogP contribution in [0.1, 0.15) is 178 Å². The molecule has 0 heterocycles. The molecule has 68 heavy (non-hydrogen) atoms. The van der Waals surface area contributed by atoms with Crippen molar-refractivity contribution < 1.29 is 57.1 Å². The van der Waals surface area contributed by atoms with Crippen LogP contribution < -0.4 is 0 Å². The highest BCUT2D eigenvalue weighted by atomic mass is 16.6. The summed E-state index contributed by atoms with van der Waals surface area (Å²) < 4.78 is 48.8. The van der Waals surface area contributed by atoms with E-state index in [1.54, 1.807) is 24.3 Å². The maximum Gasteiger partial charge on any atom is 0.339 e. The van der Waals surface area contributed by atoms with Gasteiger partial charge in [-0.1, -0.05) is 52.0 Å². The molecule has 0 radical (unpaired) electrons. The Bertz CT molecular complexity index is 2560. The number of hydrogen-bond donors (Lipinski definition) is 0. The lowest BCUT2D eigenvalue weighted by molar-refractivity contribution is -0.100. The Balaban J connectivity index is 1.83. The van der Waals surface area contributed by atoms with Gasteiger partial charge in [0.05, 0.1) is 72.1 Å². The van der Waals surface area contributed by atoms with Crippen molar-refractivity contribution in [2.24, 2.45) is 0 Å². The van der Waals surface area contributed by atoms with Crippen molar-refractivity contribution in [2.75, 3.05) is 26.4 Å². The molecule has 0 fully saturated rings. The van der Waals surface area contributed by atoms with Crippen LogP contribution >= 0.6 is 0 Å². The third-order valence-electron chi connectivity index (χ3n) is 12.3. The molecule has 12 heteroatoms. The number of ether oxygens (including phenoxy) is 8. The van der Waals surface area contributed by atoms with E-state index in [0.717, 1.165) is 0 Å². The topological polar surface area (TPSA) is 142 Å². The van der Waals surface area contributed by atoms with Gasteiger partial charge in [0.2, 0.25) is 0 Å². The average Bonchev–Trinajstić information content (AvgIpc) is 3.28. The van der Waals surface area contributed by atoms with Gasteiger partial charge in [0.25, 0.3) is 0 Å². The quantitative estimate of drug-likeness (QED) is 0.0282. The Morgan fingerprint density at radius 1 is 0.441 bits per heavy atom. The van der Waals surface area contributed by atoms with Crippen molar-refractivity contribution in [2.45, 2.75) is 183 Å². The summed E-state index contributed by atoms with van der Waals surface area (Å²) in [6.45, 7) is 31.4. The maximum atomic E-state index is 14.7. The Hall–Kier alpha value is -4.88. The van der Waals surface area contributed by atoms with Crippen molar-refractivity contribution in [3.8, 4) is 0 Å². The lowest BCUT2D eigenvalue weighted by Crippen LogP contribution is -2.39. The number of esters is 4. The Morgan fingerprint density at radius 3 is 1.13 bits per heavy atom. The van der Waals surface area contributed by atoms with E-state index in [1.165, 1.54) is 0 Å². The van der Waals surface area contributed by atoms with E-state index in [4.69, 9.17) is 37.9 Å².